The smallest absolute Gasteiger partial charge is 0.475 e. The van der Waals surface area contributed by atoms with Gasteiger partial charge in [0.25, 0.3) is 0 Å². The average molecular weight is 530 g/mol. The number of carbonyl (C=O) groups is 2. The van der Waals surface area contributed by atoms with E-state index in [4.69, 9.17) is 29.3 Å². The van der Waals surface area contributed by atoms with Crippen molar-refractivity contribution in [3.8, 4) is 0 Å². The highest BCUT2D eigenvalue weighted by Crippen LogP contribution is 2.35. The average Bonchev–Trinajstić information content (AvgIpc) is 3.13. The lowest BCUT2D eigenvalue weighted by atomic mass is 9.85. The summed E-state index contributed by atoms with van der Waals surface area (Å²) in [6.45, 7) is 3.85. The summed E-state index contributed by atoms with van der Waals surface area (Å²) in [6.07, 6.45) is 0.701. The SMILES string of the molecule is O=C(O)C(F)(F)F.O=C(O)C(F)(F)F.c1cc(CO[C@@H]2CN(CC3CCC3)[C@@H]3CCCO[C@@H]32)ccn1. The molecule has 0 spiro atoms. The van der Waals surface area contributed by atoms with Gasteiger partial charge in [-0.3, -0.25) is 9.88 Å². The number of rotatable bonds is 5. The van der Waals surface area contributed by atoms with Gasteiger partial charge in [0.2, 0.25) is 0 Å². The monoisotopic (exact) mass is 530 g/mol. The molecular formula is C22H28F6N2O6. The molecule has 0 bridgehead atoms. The third-order valence-corrected chi connectivity index (χ3v) is 6.00. The zero-order valence-electron chi connectivity index (χ0n) is 19.2. The molecule has 0 unspecified atom stereocenters. The van der Waals surface area contributed by atoms with E-state index in [-0.39, 0.29) is 12.2 Å². The van der Waals surface area contributed by atoms with Crippen molar-refractivity contribution >= 4 is 11.9 Å². The lowest BCUT2D eigenvalue weighted by Crippen LogP contribution is -2.43. The Labute approximate surface area is 203 Å². The molecule has 0 aromatic carbocycles. The summed E-state index contributed by atoms with van der Waals surface area (Å²) in [5.74, 6) is -4.60. The lowest BCUT2D eigenvalue weighted by Gasteiger charge is -2.36. The number of hydrogen-bond donors (Lipinski definition) is 2. The minimum atomic E-state index is -5.08. The number of carboxylic acid groups (broad SMARTS) is 2. The molecule has 3 aliphatic rings. The van der Waals surface area contributed by atoms with Gasteiger partial charge in [-0.05, 0) is 49.3 Å². The molecule has 3 atom stereocenters. The van der Waals surface area contributed by atoms with Crippen molar-refractivity contribution in [3.63, 3.8) is 0 Å². The zero-order valence-corrected chi connectivity index (χ0v) is 19.2. The molecule has 2 aliphatic heterocycles. The van der Waals surface area contributed by atoms with Crippen LogP contribution in [0, 0.1) is 5.92 Å². The molecule has 3 fully saturated rings. The number of halogens is 6. The molecule has 14 heteroatoms. The van der Waals surface area contributed by atoms with Gasteiger partial charge in [0.1, 0.15) is 6.10 Å². The third kappa shape index (κ3) is 9.54. The van der Waals surface area contributed by atoms with Crippen molar-refractivity contribution in [1.29, 1.82) is 0 Å². The summed E-state index contributed by atoms with van der Waals surface area (Å²) >= 11 is 0. The van der Waals surface area contributed by atoms with Crippen LogP contribution in [0.25, 0.3) is 0 Å². The van der Waals surface area contributed by atoms with E-state index in [2.05, 4.69) is 9.88 Å². The highest BCUT2D eigenvalue weighted by atomic mass is 19.4. The van der Waals surface area contributed by atoms with E-state index in [1.54, 1.807) is 0 Å². The van der Waals surface area contributed by atoms with E-state index in [1.165, 1.54) is 44.2 Å². The molecule has 4 rings (SSSR count). The fraction of sp³-hybridized carbons (Fsp3) is 0.682. The first kappa shape index (κ1) is 29.8. The minimum Gasteiger partial charge on any atom is -0.475 e. The molecule has 204 valence electrons. The molecule has 1 aromatic heterocycles. The number of alkyl halides is 6. The summed E-state index contributed by atoms with van der Waals surface area (Å²) in [5, 5.41) is 14.2. The molecule has 2 N–H and O–H groups in total. The topological polar surface area (TPSA) is 109 Å². The quantitative estimate of drug-likeness (QED) is 0.552. The highest BCUT2D eigenvalue weighted by Gasteiger charge is 2.45. The van der Waals surface area contributed by atoms with Crippen LogP contribution in [0.15, 0.2) is 24.5 Å². The molecule has 0 amide bonds. The van der Waals surface area contributed by atoms with Gasteiger partial charge >= 0.3 is 24.3 Å². The Kier molecular flexibility index (Phi) is 10.9. The summed E-state index contributed by atoms with van der Waals surface area (Å²) in [7, 11) is 0. The van der Waals surface area contributed by atoms with Crippen LogP contribution in [-0.2, 0) is 25.7 Å². The van der Waals surface area contributed by atoms with E-state index in [0.717, 1.165) is 19.1 Å². The van der Waals surface area contributed by atoms with Crippen molar-refractivity contribution in [2.75, 3.05) is 19.7 Å². The standard InChI is InChI=1S/C18H26N2O2.2C2HF3O2/c1-3-14(4-1)11-20-12-17(18-16(20)5-2-10-21-18)22-13-15-6-8-19-9-7-15;2*3-2(4,5)1(6)7/h6-9,14,16-18H,1-5,10-13H2;2*(H,6,7)/t16-,17-,18+;;/m1../s1. The minimum absolute atomic E-state index is 0.221. The van der Waals surface area contributed by atoms with Crippen molar-refractivity contribution in [1.82, 2.24) is 9.88 Å². The van der Waals surface area contributed by atoms with Crippen LogP contribution in [0.5, 0.6) is 0 Å². The van der Waals surface area contributed by atoms with Crippen LogP contribution in [0.1, 0.15) is 37.7 Å². The Bertz CT molecular complexity index is 811. The van der Waals surface area contributed by atoms with Gasteiger partial charge in [-0.1, -0.05) is 6.42 Å². The van der Waals surface area contributed by atoms with Gasteiger partial charge in [0.05, 0.1) is 12.7 Å². The Morgan fingerprint density at radius 3 is 2.03 bits per heavy atom. The first-order chi connectivity index (χ1) is 16.8. The van der Waals surface area contributed by atoms with Gasteiger partial charge in [0, 0.05) is 38.1 Å². The van der Waals surface area contributed by atoms with E-state index < -0.39 is 24.3 Å². The third-order valence-electron chi connectivity index (χ3n) is 6.00. The number of likely N-dealkylation sites (tertiary alicyclic amines) is 1. The normalized spacial score (nSPS) is 24.3. The van der Waals surface area contributed by atoms with Gasteiger partial charge in [-0.15, -0.1) is 0 Å². The molecular weight excluding hydrogens is 502 g/mol. The van der Waals surface area contributed by atoms with Crippen molar-refractivity contribution in [2.45, 2.75) is 69.3 Å². The van der Waals surface area contributed by atoms with E-state index in [0.29, 0.717) is 12.6 Å². The van der Waals surface area contributed by atoms with Crippen molar-refractivity contribution in [2.24, 2.45) is 5.92 Å². The second kappa shape index (κ2) is 13.2. The highest BCUT2D eigenvalue weighted by molar-refractivity contribution is 5.73. The first-order valence-electron chi connectivity index (χ1n) is 11.3. The Morgan fingerprint density at radius 1 is 1.00 bits per heavy atom. The van der Waals surface area contributed by atoms with E-state index in [9.17, 15) is 26.3 Å². The number of carboxylic acids is 2. The first-order valence-corrected chi connectivity index (χ1v) is 11.3. The molecule has 1 saturated carbocycles. The Balaban J connectivity index is 0.000000271. The Hall–Kier alpha value is -2.45. The van der Waals surface area contributed by atoms with Gasteiger partial charge < -0.3 is 19.7 Å². The molecule has 36 heavy (non-hydrogen) atoms. The largest absolute Gasteiger partial charge is 0.490 e. The number of pyridine rings is 1. The van der Waals surface area contributed by atoms with Crippen LogP contribution in [0.2, 0.25) is 0 Å². The lowest BCUT2D eigenvalue weighted by molar-refractivity contribution is -0.193. The van der Waals surface area contributed by atoms with Crippen LogP contribution in [0.3, 0.4) is 0 Å². The maximum Gasteiger partial charge on any atom is 0.490 e. The predicted molar refractivity (Wildman–Crippen MR) is 112 cm³/mol. The number of fused-ring (bicyclic) bond motifs is 1. The van der Waals surface area contributed by atoms with E-state index in [1.807, 2.05) is 24.5 Å². The molecule has 1 aromatic rings. The fourth-order valence-corrected chi connectivity index (χ4v) is 4.05. The van der Waals surface area contributed by atoms with Gasteiger partial charge in [-0.25, -0.2) is 9.59 Å². The number of ether oxygens (including phenoxy) is 2. The second-order valence-electron chi connectivity index (χ2n) is 8.61. The van der Waals surface area contributed by atoms with Gasteiger partial charge in [0.15, 0.2) is 0 Å². The molecule has 3 heterocycles. The van der Waals surface area contributed by atoms with Gasteiger partial charge in [-0.2, -0.15) is 26.3 Å². The predicted octanol–water partition coefficient (Wildman–Crippen LogP) is 3.90. The number of hydrogen-bond acceptors (Lipinski definition) is 6. The zero-order chi connectivity index (χ0) is 26.9. The Morgan fingerprint density at radius 2 is 1.56 bits per heavy atom. The summed E-state index contributed by atoms with van der Waals surface area (Å²) < 4.78 is 75.8. The van der Waals surface area contributed by atoms with Crippen molar-refractivity contribution in [3.05, 3.63) is 30.1 Å². The maximum absolute atomic E-state index is 10.6. The number of nitrogens with zero attached hydrogens (tertiary/aromatic N) is 2. The molecule has 8 nitrogen and oxygen atoms in total. The molecule has 1 aliphatic carbocycles. The van der Waals surface area contributed by atoms with Crippen molar-refractivity contribution < 1.29 is 55.6 Å². The van der Waals surface area contributed by atoms with Crippen LogP contribution >= 0.6 is 0 Å². The summed E-state index contributed by atoms with van der Waals surface area (Å²) in [6, 6.07) is 4.64. The molecule has 2 saturated heterocycles. The number of aliphatic carboxylic acids is 2. The fourth-order valence-electron chi connectivity index (χ4n) is 4.05. The van der Waals surface area contributed by atoms with E-state index >= 15 is 0 Å². The number of aromatic nitrogens is 1. The van der Waals surface area contributed by atoms with Crippen LogP contribution < -0.4 is 0 Å². The summed E-state index contributed by atoms with van der Waals surface area (Å²) in [5.41, 5.74) is 1.19. The summed E-state index contributed by atoms with van der Waals surface area (Å²) in [4.78, 5) is 24.5. The van der Waals surface area contributed by atoms with Crippen LogP contribution in [-0.4, -0.2) is 82.3 Å². The molecule has 0 radical (unpaired) electrons. The van der Waals surface area contributed by atoms with Crippen LogP contribution in [0.4, 0.5) is 26.3 Å². The second-order valence-corrected chi connectivity index (χ2v) is 8.61. The maximum atomic E-state index is 10.6.